The minimum absolute atomic E-state index is 0.220. The van der Waals surface area contributed by atoms with E-state index in [0.717, 1.165) is 54.0 Å². The van der Waals surface area contributed by atoms with Crippen molar-refractivity contribution in [3.05, 3.63) is 47.4 Å². The summed E-state index contributed by atoms with van der Waals surface area (Å²) in [7, 11) is 0. The van der Waals surface area contributed by atoms with Gasteiger partial charge in [-0.05, 0) is 49.4 Å². The first-order valence-electron chi connectivity index (χ1n) is 9.65. The number of piperidine rings is 1. The van der Waals surface area contributed by atoms with Crippen molar-refractivity contribution in [3.8, 4) is 0 Å². The summed E-state index contributed by atoms with van der Waals surface area (Å²) < 4.78 is 0. The number of benzene rings is 1. The third-order valence-corrected chi connectivity index (χ3v) is 5.74. The van der Waals surface area contributed by atoms with Gasteiger partial charge in [-0.15, -0.1) is 0 Å². The smallest absolute Gasteiger partial charge is 0.152 e. The predicted molar refractivity (Wildman–Crippen MR) is 113 cm³/mol. The number of carbonyl (C=O) groups is 1. The molecule has 3 heterocycles. The highest BCUT2D eigenvalue weighted by atomic mass is 35.5. The molecule has 7 heteroatoms. The van der Waals surface area contributed by atoms with Gasteiger partial charge in [0.25, 0.3) is 0 Å². The normalized spacial score (nSPS) is 17.1. The lowest BCUT2D eigenvalue weighted by molar-refractivity contribution is -0.118. The average Bonchev–Trinajstić information content (AvgIpc) is 3.18. The fourth-order valence-corrected chi connectivity index (χ4v) is 4.01. The zero-order chi connectivity index (χ0) is 19.5. The molecule has 28 heavy (non-hydrogen) atoms. The second-order valence-corrected chi connectivity index (χ2v) is 7.86. The van der Waals surface area contributed by atoms with Gasteiger partial charge in [0.1, 0.15) is 17.8 Å². The molecule has 3 aromatic rings. The van der Waals surface area contributed by atoms with Crippen LogP contribution in [0.25, 0.3) is 11.0 Å². The molecule has 0 amide bonds. The molecule has 1 aromatic carbocycles. The van der Waals surface area contributed by atoms with Crippen molar-refractivity contribution in [1.29, 1.82) is 0 Å². The Bertz CT molecular complexity index is 986. The molecule has 0 saturated carbocycles. The first-order valence-corrected chi connectivity index (χ1v) is 10.0. The number of hydrogen-bond donors (Lipinski definition) is 2. The maximum Gasteiger partial charge on any atom is 0.152 e. The second kappa shape index (κ2) is 8.19. The van der Waals surface area contributed by atoms with Crippen LogP contribution in [0.3, 0.4) is 0 Å². The lowest BCUT2D eigenvalue weighted by Gasteiger charge is -2.33. The average molecular weight is 398 g/mol. The molecule has 0 radical (unpaired) electrons. The summed E-state index contributed by atoms with van der Waals surface area (Å²) >= 11 is 6.15. The monoisotopic (exact) mass is 397 g/mol. The maximum atomic E-state index is 12.5. The maximum absolute atomic E-state index is 12.5. The molecule has 0 unspecified atom stereocenters. The SMILES string of the molecule is Cc1ccc(NCC(=O)C[C@@H]2CCCN(c3ncnc4[nH]ccc34)C2)cc1Cl. The molecule has 1 fully saturated rings. The van der Waals surface area contributed by atoms with E-state index in [1.54, 1.807) is 6.33 Å². The molecule has 0 bridgehead atoms. The minimum atomic E-state index is 0.220. The van der Waals surface area contributed by atoms with Crippen molar-refractivity contribution in [2.75, 3.05) is 29.9 Å². The number of Topliss-reactive ketones (excluding diaryl/α,β-unsaturated/α-hetero) is 1. The van der Waals surface area contributed by atoms with Gasteiger partial charge in [0.15, 0.2) is 5.78 Å². The molecule has 2 aromatic heterocycles. The fourth-order valence-electron chi connectivity index (χ4n) is 3.83. The summed E-state index contributed by atoms with van der Waals surface area (Å²) in [4.78, 5) is 26.7. The van der Waals surface area contributed by atoms with Crippen LogP contribution in [0.2, 0.25) is 5.02 Å². The molecule has 146 valence electrons. The lowest BCUT2D eigenvalue weighted by atomic mass is 9.92. The van der Waals surface area contributed by atoms with E-state index in [1.807, 2.05) is 37.4 Å². The van der Waals surface area contributed by atoms with E-state index in [9.17, 15) is 4.79 Å². The predicted octanol–water partition coefficient (Wildman–Crippen LogP) is 4.21. The summed E-state index contributed by atoms with van der Waals surface area (Å²) in [6.45, 7) is 4.10. The van der Waals surface area contributed by atoms with E-state index in [4.69, 9.17) is 11.6 Å². The van der Waals surface area contributed by atoms with Crippen LogP contribution in [0.4, 0.5) is 11.5 Å². The van der Waals surface area contributed by atoms with Gasteiger partial charge in [0, 0.05) is 36.4 Å². The van der Waals surface area contributed by atoms with Gasteiger partial charge >= 0.3 is 0 Å². The number of nitrogens with one attached hydrogen (secondary N) is 2. The van der Waals surface area contributed by atoms with Crippen molar-refractivity contribution >= 4 is 39.9 Å². The zero-order valence-corrected chi connectivity index (χ0v) is 16.7. The van der Waals surface area contributed by atoms with Crippen LogP contribution < -0.4 is 10.2 Å². The highest BCUT2D eigenvalue weighted by Gasteiger charge is 2.24. The molecule has 6 nitrogen and oxygen atoms in total. The largest absolute Gasteiger partial charge is 0.378 e. The van der Waals surface area contributed by atoms with Gasteiger partial charge in [-0.3, -0.25) is 4.79 Å². The van der Waals surface area contributed by atoms with Crippen LogP contribution in [0, 0.1) is 12.8 Å². The quantitative estimate of drug-likeness (QED) is 0.651. The van der Waals surface area contributed by atoms with Gasteiger partial charge < -0.3 is 15.2 Å². The first kappa shape index (κ1) is 18.7. The van der Waals surface area contributed by atoms with Crippen LogP contribution in [-0.4, -0.2) is 40.4 Å². The fraction of sp³-hybridized carbons (Fsp3) is 0.381. The third-order valence-electron chi connectivity index (χ3n) is 5.33. The van der Waals surface area contributed by atoms with Crippen molar-refractivity contribution < 1.29 is 4.79 Å². The number of halogens is 1. The molecular weight excluding hydrogens is 374 g/mol. The number of aryl methyl sites for hydroxylation is 1. The van der Waals surface area contributed by atoms with Gasteiger partial charge in [0.2, 0.25) is 0 Å². The number of ketones is 1. The lowest BCUT2D eigenvalue weighted by Crippen LogP contribution is -2.37. The number of H-pyrrole nitrogens is 1. The molecule has 1 aliphatic rings. The van der Waals surface area contributed by atoms with Crippen LogP contribution in [0.1, 0.15) is 24.8 Å². The summed E-state index contributed by atoms with van der Waals surface area (Å²) in [6.07, 6.45) is 6.19. The Kier molecular flexibility index (Phi) is 5.48. The van der Waals surface area contributed by atoms with Crippen molar-refractivity contribution in [2.24, 2.45) is 5.92 Å². The number of rotatable bonds is 6. The molecule has 0 aliphatic carbocycles. The van der Waals surface area contributed by atoms with Crippen LogP contribution in [0.5, 0.6) is 0 Å². The Morgan fingerprint density at radius 3 is 3.11 bits per heavy atom. The summed E-state index contributed by atoms with van der Waals surface area (Å²) in [5.74, 6) is 1.52. The Labute approximate surface area is 169 Å². The van der Waals surface area contributed by atoms with Gasteiger partial charge in [0.05, 0.1) is 11.9 Å². The molecule has 1 saturated heterocycles. The van der Waals surface area contributed by atoms with E-state index >= 15 is 0 Å². The van der Waals surface area contributed by atoms with Crippen molar-refractivity contribution in [1.82, 2.24) is 15.0 Å². The zero-order valence-electron chi connectivity index (χ0n) is 15.9. The van der Waals surface area contributed by atoms with E-state index in [1.165, 1.54) is 0 Å². The molecule has 1 atom stereocenters. The van der Waals surface area contributed by atoms with Gasteiger partial charge in [-0.25, -0.2) is 9.97 Å². The molecular formula is C21H24ClN5O. The van der Waals surface area contributed by atoms with Crippen molar-refractivity contribution in [2.45, 2.75) is 26.2 Å². The highest BCUT2D eigenvalue weighted by molar-refractivity contribution is 6.31. The van der Waals surface area contributed by atoms with Crippen molar-refractivity contribution in [3.63, 3.8) is 0 Å². The Morgan fingerprint density at radius 1 is 1.36 bits per heavy atom. The summed E-state index contributed by atoms with van der Waals surface area (Å²) in [5.41, 5.74) is 2.76. The molecule has 4 rings (SSSR count). The number of fused-ring (bicyclic) bond motifs is 1. The topological polar surface area (TPSA) is 73.9 Å². The van der Waals surface area contributed by atoms with Crippen LogP contribution >= 0.6 is 11.6 Å². The molecule has 2 N–H and O–H groups in total. The Morgan fingerprint density at radius 2 is 2.25 bits per heavy atom. The van der Waals surface area contributed by atoms with E-state index in [2.05, 4.69) is 25.2 Å². The number of aromatic amines is 1. The minimum Gasteiger partial charge on any atom is -0.378 e. The standard InChI is InChI=1S/C21H24ClN5O/c1-14-4-5-16(10-19(14)22)24-11-17(28)9-15-3-2-8-27(12-15)21-18-6-7-23-20(18)25-13-26-21/h4-7,10,13,15,24H,2-3,8-9,11-12H2,1H3,(H,23,25,26)/t15-/m0/s1. The summed E-state index contributed by atoms with van der Waals surface area (Å²) in [6, 6.07) is 7.78. The highest BCUT2D eigenvalue weighted by Crippen LogP contribution is 2.28. The Balaban J connectivity index is 1.35. The number of carbonyl (C=O) groups excluding carboxylic acids is 1. The second-order valence-electron chi connectivity index (χ2n) is 7.45. The Hall–Kier alpha value is -2.60. The first-order chi connectivity index (χ1) is 13.6. The molecule has 1 aliphatic heterocycles. The van der Waals surface area contributed by atoms with Gasteiger partial charge in [-0.2, -0.15) is 0 Å². The van der Waals surface area contributed by atoms with E-state index < -0.39 is 0 Å². The number of aromatic nitrogens is 3. The van der Waals surface area contributed by atoms with E-state index in [-0.39, 0.29) is 5.78 Å². The number of hydrogen-bond acceptors (Lipinski definition) is 5. The van der Waals surface area contributed by atoms with Crippen LogP contribution in [-0.2, 0) is 4.79 Å². The molecule has 0 spiro atoms. The number of anilines is 2. The van der Waals surface area contributed by atoms with Crippen LogP contribution in [0.15, 0.2) is 36.8 Å². The third kappa shape index (κ3) is 4.12. The number of nitrogens with zero attached hydrogens (tertiary/aromatic N) is 3. The summed E-state index contributed by atoms with van der Waals surface area (Å²) in [5, 5.41) is 4.94. The van der Waals surface area contributed by atoms with E-state index in [0.29, 0.717) is 23.9 Å². The van der Waals surface area contributed by atoms with Gasteiger partial charge in [-0.1, -0.05) is 17.7 Å².